The first-order valence-electron chi connectivity index (χ1n) is 38.4. The molecule has 0 bridgehead atoms. The molecule has 8 aromatic heterocycles. The van der Waals surface area contributed by atoms with Crippen LogP contribution in [0.2, 0.25) is 0 Å². The SMILES string of the molecule is CC(=O)C=C(C)O.CC(=O)C=C(C)O.CC(=O)C=C(C)O.Cn1ccnc1-c1[c-]cccc1-c1ccccc1.Cn1cnc(-c2[c-]cc(F)cc2F)c1.Cn1cnc(-c2[c-]cc(F)cc2F)c1.Cn1cnc(-c2[c-]cccc2)c1.Cn1cnc(-c2[c-]cccc2)c1.O=C(O)c1ccccn1.O=C(O)c1ccccn1.[Ir].[Ir].[Ir].[Ir].[Ir].[Ir].[c-]1ccccc1-c1cn(Cc2ccccc2)cn1. The fourth-order valence-corrected chi connectivity index (χ4v) is 10.5. The number of aryl methyl sites for hydroxylation is 5. The van der Waals surface area contributed by atoms with E-state index in [0.717, 1.165) is 81.5 Å². The summed E-state index contributed by atoms with van der Waals surface area (Å²) in [5.41, 5.74) is 12.1. The summed E-state index contributed by atoms with van der Waals surface area (Å²) >= 11 is 0. The smallest absolute Gasteiger partial charge is 0.354 e. The van der Waals surface area contributed by atoms with Crippen molar-refractivity contribution in [3.05, 3.63) is 412 Å². The minimum absolute atomic E-state index is 0. The molecule has 24 nitrogen and oxygen atoms in total. The molecule has 5 N–H and O–H groups in total. The largest absolute Gasteiger partial charge is 0.512 e. The van der Waals surface area contributed by atoms with E-state index in [9.17, 15) is 41.5 Å². The van der Waals surface area contributed by atoms with E-state index in [2.05, 4.69) is 129 Å². The van der Waals surface area contributed by atoms with Crippen LogP contribution in [0.15, 0.2) is 335 Å². The van der Waals surface area contributed by atoms with Crippen LogP contribution in [-0.2, 0) is 177 Å². The van der Waals surface area contributed by atoms with Gasteiger partial charge in [-0.15, -0.1) is 162 Å². The number of aliphatic hydroxyl groups excluding tert-OH is 3. The Morgan fingerprint density at radius 1 is 0.353 bits per heavy atom. The molecule has 0 fully saturated rings. The van der Waals surface area contributed by atoms with Gasteiger partial charge in [0.2, 0.25) is 0 Å². The number of halogens is 4. The van der Waals surface area contributed by atoms with Crippen molar-refractivity contribution in [2.24, 2.45) is 35.2 Å². The molecule has 0 aliphatic rings. The summed E-state index contributed by atoms with van der Waals surface area (Å²) in [5, 5.41) is 41.7. The number of imidazole rings is 6. The van der Waals surface area contributed by atoms with Crippen LogP contribution in [0.1, 0.15) is 68.1 Å². The number of carbonyl (C=O) groups is 5. The number of aromatic carboxylic acids is 2. The molecule has 16 aromatic rings. The van der Waals surface area contributed by atoms with Gasteiger partial charge in [-0.25, -0.2) is 19.6 Å². The number of benzene rings is 8. The van der Waals surface area contributed by atoms with Gasteiger partial charge in [-0.2, -0.15) is 0 Å². The maximum atomic E-state index is 13.2. The molecule has 0 atom stereocenters. The van der Waals surface area contributed by atoms with Gasteiger partial charge in [0.25, 0.3) is 0 Å². The molecule has 133 heavy (non-hydrogen) atoms. The fourth-order valence-electron chi connectivity index (χ4n) is 10.5. The predicted octanol–water partition coefficient (Wildman–Crippen LogP) is 19.7. The summed E-state index contributed by atoms with van der Waals surface area (Å²) in [6.07, 6.45) is 28.0. The maximum Gasteiger partial charge on any atom is 0.354 e. The molecule has 8 heterocycles. The van der Waals surface area contributed by atoms with Crippen LogP contribution in [0.4, 0.5) is 17.6 Å². The molecule has 16 rings (SSSR count). The van der Waals surface area contributed by atoms with Crippen LogP contribution < -0.4 is 0 Å². The van der Waals surface area contributed by atoms with Gasteiger partial charge in [0.05, 0.1) is 54.7 Å². The molecule has 6 radical (unpaired) electrons. The van der Waals surface area contributed by atoms with Gasteiger partial charge >= 0.3 is 11.9 Å². The Bertz CT molecular complexity index is 5860. The van der Waals surface area contributed by atoms with Crippen molar-refractivity contribution in [3.8, 4) is 78.8 Å². The van der Waals surface area contributed by atoms with Crippen molar-refractivity contribution in [2.45, 2.75) is 48.1 Å². The Hall–Kier alpha value is -12.5. The third-order valence-corrected chi connectivity index (χ3v) is 15.8. The van der Waals surface area contributed by atoms with Crippen LogP contribution in [0.5, 0.6) is 0 Å². The van der Waals surface area contributed by atoms with Gasteiger partial charge in [0.15, 0.2) is 17.3 Å². The quantitative estimate of drug-likeness (QED) is 0.0292. The fraction of sp³-hybridized carbons (Fsp3) is 0.121. The zero-order valence-corrected chi connectivity index (χ0v) is 87.7. The molecule has 34 heteroatoms. The van der Waals surface area contributed by atoms with E-state index in [-0.39, 0.29) is 178 Å². The molecular weight excluding hydrogens is 2770 g/mol. The Morgan fingerprint density at radius 2 is 0.699 bits per heavy atom. The zero-order chi connectivity index (χ0) is 92.6. The molecule has 0 spiro atoms. The summed E-state index contributed by atoms with van der Waals surface area (Å²) in [6, 6.07) is 81.4. The van der Waals surface area contributed by atoms with E-state index in [1.807, 2.05) is 175 Å². The Morgan fingerprint density at radius 3 is 0.992 bits per heavy atom. The standard InChI is InChI=1S/2C16H13N2.2C10H7F2N2.2C10H9N2.2C6H5NO2.3C5H8O2.6Ir/c1-18-12-11-17-16(18)15-10-6-5-9-14(15)13-7-3-2-4-8-13;1-3-7-14(8-4-1)11-18-12-16(17-13-18)15-9-5-2-6-10-15;2*1-14-5-10(13-6-14)8-3-2-7(11)4-9(8)12;2*1-12-7-10(11-8-12)9-5-3-2-4-6-9;2*8-6(9)5-3-1-2-4-7-5;3*1-4(6)3-5(2)7;;;;;;/h2-9,11-12H,1H3;1-9,12-13H,11H2;2*2,4-6H,1H3;2*2-5,7-8H,1H3;2*1-4H,(H,8,9);3*3,6H,1-2H3;;;;;;/q6*-1;;;;;;;;;;;. The second-order valence-electron chi connectivity index (χ2n) is 26.9. The van der Waals surface area contributed by atoms with E-state index in [1.165, 1.54) is 95.4 Å². The number of carboxylic acid groups (broad SMARTS) is 2. The first kappa shape index (κ1) is 121. The number of allylic oxidation sites excluding steroid dienone is 6. The summed E-state index contributed by atoms with van der Waals surface area (Å²) in [4.78, 5) is 82.6. The van der Waals surface area contributed by atoms with E-state index >= 15 is 0 Å². The van der Waals surface area contributed by atoms with Crippen molar-refractivity contribution in [1.29, 1.82) is 0 Å². The Balaban J connectivity index is 0.00000146. The molecule has 0 saturated carbocycles. The van der Waals surface area contributed by atoms with Crippen molar-refractivity contribution in [3.63, 3.8) is 0 Å². The van der Waals surface area contributed by atoms with Crippen LogP contribution in [0.25, 0.3) is 78.8 Å². The molecule has 0 aliphatic carbocycles. The third kappa shape index (κ3) is 46.9. The van der Waals surface area contributed by atoms with Crippen molar-refractivity contribution >= 4 is 29.3 Å². The summed E-state index contributed by atoms with van der Waals surface area (Å²) in [5.74, 6) is -3.80. The Labute approximate surface area is 850 Å². The number of nitrogens with zero attached hydrogens (tertiary/aromatic N) is 14. The normalized spacial score (nSPS) is 9.87. The number of aliphatic hydroxyl groups is 3. The van der Waals surface area contributed by atoms with Gasteiger partial charge < -0.3 is 52.9 Å². The van der Waals surface area contributed by atoms with E-state index in [0.29, 0.717) is 11.4 Å². The van der Waals surface area contributed by atoms with E-state index in [4.69, 9.17) is 25.5 Å². The minimum Gasteiger partial charge on any atom is -0.512 e. The maximum absolute atomic E-state index is 13.2. The molecular formula is C99H92F4Ir6N14O10-6. The number of hydrogen-bond donors (Lipinski definition) is 5. The van der Waals surface area contributed by atoms with Crippen molar-refractivity contribution in [1.82, 2.24) is 67.3 Å². The Kier molecular flexibility index (Phi) is 59.8. The van der Waals surface area contributed by atoms with Crippen LogP contribution in [0.3, 0.4) is 0 Å². The average molecular weight is 2870 g/mol. The van der Waals surface area contributed by atoms with Gasteiger partial charge in [-0.3, -0.25) is 61.8 Å². The molecule has 0 aliphatic heterocycles. The number of ketones is 3. The van der Waals surface area contributed by atoms with Crippen LogP contribution in [-0.4, -0.2) is 122 Å². The van der Waals surface area contributed by atoms with Gasteiger partial charge in [-0.05, 0) is 102 Å². The summed E-state index contributed by atoms with van der Waals surface area (Å²) in [6.45, 7) is 9.39. The summed E-state index contributed by atoms with van der Waals surface area (Å²) in [7, 11) is 9.46. The molecule has 0 unspecified atom stereocenters. The molecule has 706 valence electrons. The van der Waals surface area contributed by atoms with Gasteiger partial charge in [0, 0.05) is 257 Å². The number of carbonyl (C=O) groups excluding carboxylic acids is 3. The first-order chi connectivity index (χ1) is 60.8. The van der Waals surface area contributed by atoms with E-state index in [1.54, 1.807) is 85.2 Å². The second-order valence-corrected chi connectivity index (χ2v) is 26.9. The average Bonchev–Trinajstić information content (AvgIpc) is 1.73. The first-order valence-corrected chi connectivity index (χ1v) is 38.4. The third-order valence-electron chi connectivity index (χ3n) is 15.8. The number of rotatable bonds is 14. The van der Waals surface area contributed by atoms with Gasteiger partial charge in [0.1, 0.15) is 11.4 Å². The van der Waals surface area contributed by atoms with Crippen LogP contribution in [0, 0.1) is 59.7 Å². The van der Waals surface area contributed by atoms with Crippen LogP contribution >= 0.6 is 0 Å². The zero-order valence-electron chi connectivity index (χ0n) is 73.3. The van der Waals surface area contributed by atoms with Crippen molar-refractivity contribution in [2.75, 3.05) is 0 Å². The molecule has 8 aromatic carbocycles. The van der Waals surface area contributed by atoms with Crippen molar-refractivity contribution < 1.29 is 188 Å². The monoisotopic (exact) mass is 2870 g/mol. The minimum atomic E-state index is -0.990. The van der Waals surface area contributed by atoms with Gasteiger partial charge in [-0.1, -0.05) is 107 Å². The number of hydrogen-bond acceptors (Lipinski definition) is 16. The predicted molar refractivity (Wildman–Crippen MR) is 478 cm³/mol. The number of carboxylic acids is 2. The summed E-state index contributed by atoms with van der Waals surface area (Å²) < 4.78 is 62.9. The second kappa shape index (κ2) is 66.0. The van der Waals surface area contributed by atoms with E-state index < -0.39 is 35.2 Å². The molecule has 0 saturated heterocycles. The molecule has 0 amide bonds. The number of pyridine rings is 2. The topological polar surface area (TPSA) is 319 Å². The number of aromatic nitrogens is 14.